The highest BCUT2D eigenvalue weighted by Crippen LogP contribution is 2.25. The number of ketones is 1. The molecule has 1 aliphatic heterocycles. The van der Waals surface area contributed by atoms with E-state index in [1.165, 1.54) is 6.42 Å². The molecular formula is C22H38N4O4S. The maximum absolute atomic E-state index is 11.1. The molecule has 1 aliphatic rings. The Hall–Kier alpha value is -1.81. The van der Waals surface area contributed by atoms with Crippen molar-refractivity contribution in [3.8, 4) is 5.75 Å². The van der Waals surface area contributed by atoms with E-state index < -0.39 is 0 Å². The highest BCUT2D eigenvalue weighted by Gasteiger charge is 2.23. The number of hydrazine groups is 2. The lowest BCUT2D eigenvalue weighted by Gasteiger charge is -2.21. The highest BCUT2D eigenvalue weighted by atomic mass is 32.2. The quantitative estimate of drug-likeness (QED) is 0.474. The normalized spacial score (nSPS) is 13.2. The van der Waals surface area contributed by atoms with E-state index in [1.807, 2.05) is 43.2 Å². The van der Waals surface area contributed by atoms with Gasteiger partial charge in [-0.05, 0) is 24.3 Å². The molecule has 31 heavy (non-hydrogen) atoms. The van der Waals surface area contributed by atoms with Crippen LogP contribution in [0.3, 0.4) is 0 Å². The van der Waals surface area contributed by atoms with Gasteiger partial charge >= 0.3 is 0 Å². The molecule has 8 nitrogen and oxygen atoms in total. The predicted octanol–water partition coefficient (Wildman–Crippen LogP) is 4.08. The molecule has 2 rings (SSSR count). The second-order valence-electron chi connectivity index (χ2n) is 7.11. The van der Waals surface area contributed by atoms with E-state index in [1.54, 1.807) is 16.9 Å². The number of hydrogen-bond acceptors (Lipinski definition) is 9. The van der Waals surface area contributed by atoms with Crippen molar-refractivity contribution in [3.05, 3.63) is 24.3 Å². The minimum atomic E-state index is 0.101. The summed E-state index contributed by atoms with van der Waals surface area (Å²) in [6.07, 6.45) is 1.75. The second kappa shape index (κ2) is 15.9. The van der Waals surface area contributed by atoms with Crippen LogP contribution in [0.5, 0.6) is 5.75 Å². The molecule has 176 valence electrons. The van der Waals surface area contributed by atoms with Crippen molar-refractivity contribution in [2.24, 2.45) is 5.10 Å². The van der Waals surface area contributed by atoms with E-state index >= 15 is 0 Å². The number of hydrogen-bond donors (Lipinski definition) is 1. The molecule has 1 N–H and O–H groups in total. The first kappa shape index (κ1) is 27.2. The molecule has 0 unspecified atom stereocenters. The van der Waals surface area contributed by atoms with E-state index in [4.69, 9.17) is 14.2 Å². The summed E-state index contributed by atoms with van der Waals surface area (Å²) in [7, 11) is 1.87. The number of amidine groups is 1. The molecule has 1 aromatic carbocycles. The lowest BCUT2D eigenvalue weighted by atomic mass is 10.3. The van der Waals surface area contributed by atoms with Crippen molar-refractivity contribution in [2.45, 2.75) is 52.7 Å². The molecule has 0 radical (unpaired) electrons. The number of carbonyl (C=O) groups is 1. The van der Waals surface area contributed by atoms with Gasteiger partial charge in [-0.2, -0.15) is 0 Å². The number of nitrogens with zero attached hydrogens (tertiary/aromatic N) is 3. The molecule has 0 aliphatic carbocycles. The summed E-state index contributed by atoms with van der Waals surface area (Å²) in [6, 6.07) is 7.81. The number of anilines is 1. The molecular weight excluding hydrogens is 416 g/mol. The maximum Gasteiger partial charge on any atom is 0.205 e. The van der Waals surface area contributed by atoms with Crippen molar-refractivity contribution in [1.29, 1.82) is 0 Å². The Morgan fingerprint density at radius 3 is 2.29 bits per heavy atom. The fourth-order valence-electron chi connectivity index (χ4n) is 2.26. The lowest BCUT2D eigenvalue weighted by molar-refractivity contribution is -0.123. The molecule has 1 heterocycles. The van der Waals surface area contributed by atoms with Gasteiger partial charge in [0.05, 0.1) is 25.5 Å². The topological polar surface area (TPSA) is 75.6 Å². The van der Waals surface area contributed by atoms with Crippen LogP contribution >= 0.6 is 11.8 Å². The summed E-state index contributed by atoms with van der Waals surface area (Å²) in [4.78, 5) is 11.1. The van der Waals surface area contributed by atoms with Gasteiger partial charge in [0.1, 0.15) is 19.0 Å². The van der Waals surface area contributed by atoms with Gasteiger partial charge in [-0.15, -0.1) is 10.6 Å². The molecule has 9 heteroatoms. The SMILES string of the molecule is CCC.CCC(=O)COCCOCCOc1ccc(N2NN(C)N=C2SC(C)C)cc1. The van der Waals surface area contributed by atoms with Crippen LogP contribution in [0.1, 0.15) is 47.5 Å². The molecule has 0 bridgehead atoms. The number of hydrazone groups is 1. The summed E-state index contributed by atoms with van der Waals surface area (Å²) in [6.45, 7) is 12.3. The van der Waals surface area contributed by atoms with Gasteiger partial charge in [-0.3, -0.25) is 4.79 Å². The molecule has 0 spiro atoms. The summed E-state index contributed by atoms with van der Waals surface area (Å²) in [5.74, 6) is 0.878. The van der Waals surface area contributed by atoms with Crippen molar-refractivity contribution in [1.82, 2.24) is 10.7 Å². The van der Waals surface area contributed by atoms with Crippen LogP contribution in [0.25, 0.3) is 0 Å². The van der Waals surface area contributed by atoms with Crippen molar-refractivity contribution >= 4 is 28.4 Å². The van der Waals surface area contributed by atoms with Crippen molar-refractivity contribution in [2.75, 3.05) is 45.1 Å². The number of carbonyl (C=O) groups excluding carboxylic acids is 1. The zero-order chi connectivity index (χ0) is 23.1. The molecule has 0 amide bonds. The monoisotopic (exact) mass is 454 g/mol. The Kier molecular flexibility index (Phi) is 14.0. The first-order valence-electron chi connectivity index (χ1n) is 10.9. The Labute approximate surface area is 191 Å². The van der Waals surface area contributed by atoms with Gasteiger partial charge < -0.3 is 14.2 Å². The lowest BCUT2D eigenvalue weighted by Crippen LogP contribution is -2.41. The maximum atomic E-state index is 11.1. The van der Waals surface area contributed by atoms with Gasteiger partial charge in [0.25, 0.3) is 0 Å². The van der Waals surface area contributed by atoms with Crippen LogP contribution in [0, 0.1) is 0 Å². The van der Waals surface area contributed by atoms with Crippen LogP contribution in [0.4, 0.5) is 5.69 Å². The Balaban J connectivity index is 0.00000151. The summed E-state index contributed by atoms with van der Waals surface area (Å²) < 4.78 is 16.3. The molecule has 0 atom stereocenters. The highest BCUT2D eigenvalue weighted by molar-refractivity contribution is 8.14. The second-order valence-corrected chi connectivity index (χ2v) is 8.66. The minimum Gasteiger partial charge on any atom is -0.491 e. The van der Waals surface area contributed by atoms with Crippen molar-refractivity contribution < 1.29 is 19.0 Å². The van der Waals surface area contributed by atoms with Crippen LogP contribution in [0.2, 0.25) is 0 Å². The predicted molar refractivity (Wildman–Crippen MR) is 128 cm³/mol. The van der Waals surface area contributed by atoms with E-state index in [-0.39, 0.29) is 12.4 Å². The van der Waals surface area contributed by atoms with Crippen LogP contribution in [-0.2, 0) is 14.3 Å². The fraction of sp³-hybridized carbons (Fsp3) is 0.636. The molecule has 0 saturated heterocycles. The number of benzene rings is 1. The number of thioether (sulfide) groups is 1. The van der Waals surface area contributed by atoms with E-state index in [0.29, 0.717) is 38.1 Å². The summed E-state index contributed by atoms with van der Waals surface area (Å²) in [5.41, 5.74) is 4.17. The zero-order valence-corrected chi connectivity index (χ0v) is 20.5. The average molecular weight is 455 g/mol. The fourth-order valence-corrected chi connectivity index (χ4v) is 3.10. The van der Waals surface area contributed by atoms with Gasteiger partial charge in [-0.1, -0.05) is 52.8 Å². The average Bonchev–Trinajstić information content (AvgIpc) is 3.10. The Bertz CT molecular complexity index is 655. The molecule has 1 aromatic rings. The third-order valence-electron chi connectivity index (χ3n) is 3.63. The largest absolute Gasteiger partial charge is 0.491 e. The molecule has 0 fully saturated rings. The van der Waals surface area contributed by atoms with Crippen LogP contribution in [-0.4, -0.2) is 61.4 Å². The Morgan fingerprint density at radius 2 is 1.68 bits per heavy atom. The third kappa shape index (κ3) is 11.4. The molecule has 0 aromatic heterocycles. The van der Waals surface area contributed by atoms with Crippen molar-refractivity contribution in [3.63, 3.8) is 0 Å². The van der Waals surface area contributed by atoms with E-state index in [9.17, 15) is 4.79 Å². The van der Waals surface area contributed by atoms with Gasteiger partial charge in [0.2, 0.25) is 5.17 Å². The first-order chi connectivity index (χ1) is 14.9. The van der Waals surface area contributed by atoms with Crippen LogP contribution in [0.15, 0.2) is 29.4 Å². The third-order valence-corrected chi connectivity index (χ3v) is 4.58. The van der Waals surface area contributed by atoms with E-state index in [0.717, 1.165) is 16.6 Å². The number of rotatable bonds is 12. The first-order valence-corrected chi connectivity index (χ1v) is 11.7. The van der Waals surface area contributed by atoms with Gasteiger partial charge in [0, 0.05) is 18.7 Å². The van der Waals surface area contributed by atoms with Gasteiger partial charge in [0.15, 0.2) is 5.78 Å². The smallest absolute Gasteiger partial charge is 0.205 e. The Morgan fingerprint density at radius 1 is 1.06 bits per heavy atom. The standard InChI is InChI=1S/C19H30N4O4S.C3H8/c1-5-17(24)14-26-11-10-25-12-13-27-18-8-6-16(7-9-18)23-19(28-15(2)3)20-22(4)21-23;1-3-2/h6-9,15,21H,5,10-14H2,1-4H3;3H2,1-2H3. The van der Waals surface area contributed by atoms with Gasteiger partial charge in [-0.25, -0.2) is 10.1 Å². The van der Waals surface area contributed by atoms with Crippen LogP contribution < -0.4 is 15.3 Å². The number of Topliss-reactive ketones (excluding diaryl/α,β-unsaturated/α-hetero) is 1. The minimum absolute atomic E-state index is 0.101. The summed E-state index contributed by atoms with van der Waals surface area (Å²) in [5, 5.41) is 9.44. The summed E-state index contributed by atoms with van der Waals surface area (Å²) >= 11 is 1.70. The zero-order valence-electron chi connectivity index (χ0n) is 19.7. The number of nitrogens with one attached hydrogen (secondary N) is 1. The van der Waals surface area contributed by atoms with E-state index in [2.05, 4.69) is 38.3 Å². The molecule has 0 saturated carbocycles. The number of ether oxygens (including phenoxy) is 3.